The van der Waals surface area contributed by atoms with E-state index in [1.165, 1.54) is 46.8 Å². The summed E-state index contributed by atoms with van der Waals surface area (Å²) in [5.74, 6) is 0. The molecule has 23 heavy (non-hydrogen) atoms. The van der Waals surface area contributed by atoms with E-state index in [1.807, 2.05) is 23.5 Å². The van der Waals surface area contributed by atoms with Crippen LogP contribution in [0.5, 0.6) is 0 Å². The molecule has 0 amide bonds. The summed E-state index contributed by atoms with van der Waals surface area (Å²) < 4.78 is 0. The minimum atomic E-state index is 0.106. The number of aromatic nitrogens is 1. The van der Waals surface area contributed by atoms with Crippen molar-refractivity contribution in [1.29, 1.82) is 0 Å². The SMILES string of the molecule is CC(NCCCc1nc2c(s1)CCCC2)c1cccc(CO)c1. The van der Waals surface area contributed by atoms with Gasteiger partial charge in [0, 0.05) is 17.3 Å². The molecule has 3 nitrogen and oxygen atoms in total. The number of fused-ring (bicyclic) bond motifs is 1. The van der Waals surface area contributed by atoms with Crippen LogP contribution in [0.25, 0.3) is 0 Å². The van der Waals surface area contributed by atoms with E-state index in [1.54, 1.807) is 0 Å². The van der Waals surface area contributed by atoms with Gasteiger partial charge in [0.1, 0.15) is 0 Å². The zero-order valence-corrected chi connectivity index (χ0v) is 14.7. The fourth-order valence-electron chi connectivity index (χ4n) is 3.15. The predicted molar refractivity (Wildman–Crippen MR) is 95.9 cm³/mol. The first kappa shape index (κ1) is 16.6. The minimum Gasteiger partial charge on any atom is -0.392 e. The molecule has 0 spiro atoms. The smallest absolute Gasteiger partial charge is 0.0931 e. The van der Waals surface area contributed by atoms with E-state index in [9.17, 15) is 5.11 Å². The molecule has 124 valence electrons. The van der Waals surface area contributed by atoms with Gasteiger partial charge in [-0.05, 0) is 56.7 Å². The van der Waals surface area contributed by atoms with Crippen LogP contribution in [0, 0.1) is 0 Å². The van der Waals surface area contributed by atoms with E-state index in [4.69, 9.17) is 4.98 Å². The third-order valence-corrected chi connectivity index (χ3v) is 5.76. The Labute approximate surface area is 142 Å². The van der Waals surface area contributed by atoms with Gasteiger partial charge in [0.2, 0.25) is 0 Å². The van der Waals surface area contributed by atoms with Gasteiger partial charge in [0.05, 0.1) is 17.3 Å². The lowest BCUT2D eigenvalue weighted by molar-refractivity contribution is 0.281. The van der Waals surface area contributed by atoms with E-state index in [0.717, 1.165) is 24.9 Å². The topological polar surface area (TPSA) is 45.2 Å². The van der Waals surface area contributed by atoms with E-state index >= 15 is 0 Å². The van der Waals surface area contributed by atoms with Crippen LogP contribution >= 0.6 is 11.3 Å². The lowest BCUT2D eigenvalue weighted by atomic mass is 10.0. The number of benzene rings is 1. The Kier molecular flexibility index (Phi) is 5.81. The van der Waals surface area contributed by atoms with Gasteiger partial charge in [-0.25, -0.2) is 4.98 Å². The Bertz CT molecular complexity index is 615. The third-order valence-electron chi connectivity index (χ3n) is 4.54. The largest absolute Gasteiger partial charge is 0.392 e. The molecule has 4 heteroatoms. The molecule has 1 atom stereocenters. The van der Waals surface area contributed by atoms with Crippen LogP contribution in [0.3, 0.4) is 0 Å². The minimum absolute atomic E-state index is 0.106. The second-order valence-electron chi connectivity index (χ2n) is 6.37. The van der Waals surface area contributed by atoms with Crippen molar-refractivity contribution in [3.05, 3.63) is 51.0 Å². The molecule has 1 aromatic carbocycles. The van der Waals surface area contributed by atoms with Crippen LogP contribution in [0.15, 0.2) is 24.3 Å². The summed E-state index contributed by atoms with van der Waals surface area (Å²) in [5, 5.41) is 14.1. The maximum Gasteiger partial charge on any atom is 0.0931 e. The summed E-state index contributed by atoms with van der Waals surface area (Å²) in [6, 6.07) is 8.48. The first-order valence-electron chi connectivity index (χ1n) is 8.67. The van der Waals surface area contributed by atoms with Crippen molar-refractivity contribution in [2.75, 3.05) is 6.54 Å². The molecule has 2 N–H and O–H groups in total. The number of hydrogen-bond donors (Lipinski definition) is 2. The number of aryl methyl sites for hydroxylation is 3. The zero-order chi connectivity index (χ0) is 16.1. The Hall–Kier alpha value is -1.23. The maximum atomic E-state index is 9.23. The van der Waals surface area contributed by atoms with Gasteiger partial charge in [-0.3, -0.25) is 0 Å². The molecule has 1 heterocycles. The lowest BCUT2D eigenvalue weighted by Crippen LogP contribution is -2.20. The molecule has 1 unspecified atom stereocenters. The van der Waals surface area contributed by atoms with Crippen LogP contribution in [-0.4, -0.2) is 16.6 Å². The molecule has 2 aromatic rings. The molecule has 1 aromatic heterocycles. The molecular formula is C19H26N2OS. The van der Waals surface area contributed by atoms with Crippen LogP contribution in [0.4, 0.5) is 0 Å². The highest BCUT2D eigenvalue weighted by atomic mass is 32.1. The van der Waals surface area contributed by atoms with Gasteiger partial charge < -0.3 is 10.4 Å². The van der Waals surface area contributed by atoms with Gasteiger partial charge in [0.15, 0.2) is 0 Å². The van der Waals surface area contributed by atoms with Gasteiger partial charge in [-0.1, -0.05) is 24.3 Å². The first-order valence-corrected chi connectivity index (χ1v) is 9.48. The molecule has 1 aliphatic rings. The van der Waals surface area contributed by atoms with Crippen molar-refractivity contribution in [1.82, 2.24) is 10.3 Å². The second-order valence-corrected chi connectivity index (χ2v) is 7.54. The highest BCUT2D eigenvalue weighted by Gasteiger charge is 2.14. The second kappa shape index (κ2) is 8.04. The normalized spacial score (nSPS) is 15.4. The first-order chi connectivity index (χ1) is 11.3. The average Bonchev–Trinajstić information content (AvgIpc) is 3.01. The van der Waals surface area contributed by atoms with E-state index in [-0.39, 0.29) is 6.61 Å². The van der Waals surface area contributed by atoms with Gasteiger partial charge in [-0.2, -0.15) is 0 Å². The van der Waals surface area contributed by atoms with E-state index < -0.39 is 0 Å². The van der Waals surface area contributed by atoms with Crippen molar-refractivity contribution in [2.24, 2.45) is 0 Å². The molecule has 0 bridgehead atoms. The summed E-state index contributed by atoms with van der Waals surface area (Å²) in [6.07, 6.45) is 7.26. The highest BCUT2D eigenvalue weighted by Crippen LogP contribution is 2.27. The number of rotatable bonds is 7. The van der Waals surface area contributed by atoms with Gasteiger partial charge in [-0.15, -0.1) is 11.3 Å². The number of thiazole rings is 1. The van der Waals surface area contributed by atoms with Crippen molar-refractivity contribution in [2.45, 2.75) is 58.1 Å². The summed E-state index contributed by atoms with van der Waals surface area (Å²) in [5.41, 5.74) is 3.59. The number of aliphatic hydroxyl groups excluding tert-OH is 1. The summed E-state index contributed by atoms with van der Waals surface area (Å²) >= 11 is 1.93. The molecule has 0 saturated carbocycles. The quantitative estimate of drug-likeness (QED) is 0.759. The monoisotopic (exact) mass is 330 g/mol. The van der Waals surface area contributed by atoms with E-state index in [0.29, 0.717) is 6.04 Å². The van der Waals surface area contributed by atoms with Gasteiger partial charge >= 0.3 is 0 Å². The number of hydrogen-bond acceptors (Lipinski definition) is 4. The van der Waals surface area contributed by atoms with Gasteiger partial charge in [0.25, 0.3) is 0 Å². The molecule has 1 aliphatic carbocycles. The number of aliphatic hydroxyl groups is 1. The molecule has 0 fully saturated rings. The summed E-state index contributed by atoms with van der Waals surface area (Å²) in [7, 11) is 0. The number of nitrogens with zero attached hydrogens (tertiary/aromatic N) is 1. The fourth-order valence-corrected chi connectivity index (χ4v) is 4.35. The third kappa shape index (κ3) is 4.40. The summed E-state index contributed by atoms with van der Waals surface area (Å²) in [6.45, 7) is 3.28. The Morgan fingerprint density at radius 2 is 2.17 bits per heavy atom. The Balaban J connectivity index is 1.44. The average molecular weight is 330 g/mol. The zero-order valence-electron chi connectivity index (χ0n) is 13.8. The van der Waals surface area contributed by atoms with Crippen molar-refractivity contribution in [3.63, 3.8) is 0 Å². The van der Waals surface area contributed by atoms with Crippen LogP contribution < -0.4 is 5.32 Å². The summed E-state index contributed by atoms with van der Waals surface area (Å²) in [4.78, 5) is 6.35. The molecular weight excluding hydrogens is 304 g/mol. The van der Waals surface area contributed by atoms with Crippen LogP contribution in [0.2, 0.25) is 0 Å². The lowest BCUT2D eigenvalue weighted by Gasteiger charge is -2.14. The standard InChI is InChI=1S/C19H26N2OS/c1-14(16-7-4-6-15(12-16)13-22)20-11-5-10-19-21-17-8-2-3-9-18(17)23-19/h4,6-7,12,14,20,22H,2-3,5,8-11,13H2,1H3. The van der Waals surface area contributed by atoms with Crippen molar-refractivity contribution in [3.8, 4) is 0 Å². The molecule has 0 radical (unpaired) electrons. The van der Waals surface area contributed by atoms with Crippen LogP contribution in [0.1, 0.15) is 58.9 Å². The van der Waals surface area contributed by atoms with E-state index in [2.05, 4.69) is 24.4 Å². The molecule has 0 aliphatic heterocycles. The Morgan fingerprint density at radius 3 is 3.00 bits per heavy atom. The van der Waals surface area contributed by atoms with Crippen molar-refractivity contribution < 1.29 is 5.11 Å². The molecule has 0 saturated heterocycles. The molecule has 3 rings (SSSR count). The highest BCUT2D eigenvalue weighted by molar-refractivity contribution is 7.11. The maximum absolute atomic E-state index is 9.23. The Morgan fingerprint density at radius 1 is 1.30 bits per heavy atom. The fraction of sp³-hybridized carbons (Fsp3) is 0.526. The predicted octanol–water partition coefficient (Wildman–Crippen LogP) is 3.80. The van der Waals surface area contributed by atoms with Crippen molar-refractivity contribution >= 4 is 11.3 Å². The van der Waals surface area contributed by atoms with Crippen LogP contribution in [-0.2, 0) is 25.9 Å². The number of nitrogens with one attached hydrogen (secondary N) is 1.